The fraction of sp³-hybridized carbons (Fsp3) is 0.588. The summed E-state index contributed by atoms with van der Waals surface area (Å²) in [4.78, 5) is 4.24. The Morgan fingerprint density at radius 2 is 2.00 bits per heavy atom. The lowest BCUT2D eigenvalue weighted by atomic mass is 9.96. The van der Waals surface area contributed by atoms with Crippen molar-refractivity contribution >= 4 is 5.96 Å². The molecule has 22 heavy (non-hydrogen) atoms. The molecule has 0 saturated heterocycles. The van der Waals surface area contributed by atoms with Crippen LogP contribution in [0.15, 0.2) is 29.3 Å². The lowest BCUT2D eigenvalue weighted by Gasteiger charge is -2.19. The van der Waals surface area contributed by atoms with Crippen LogP contribution in [0.2, 0.25) is 0 Å². The van der Waals surface area contributed by atoms with E-state index in [1.54, 1.807) is 7.05 Å². The Balaban J connectivity index is 1.77. The Morgan fingerprint density at radius 1 is 1.27 bits per heavy atom. The van der Waals surface area contributed by atoms with Crippen LogP contribution < -0.4 is 10.6 Å². The molecular weight excluding hydrogens is 281 g/mol. The fourth-order valence-electron chi connectivity index (χ4n) is 2.52. The topological polar surface area (TPSA) is 45.6 Å². The van der Waals surface area contributed by atoms with Crippen LogP contribution in [-0.2, 0) is 10.2 Å². The second-order valence-electron chi connectivity index (χ2n) is 5.69. The quantitative estimate of drug-likeness (QED) is 0.440. The molecule has 1 fully saturated rings. The molecule has 1 saturated carbocycles. The number of rotatable bonds is 8. The van der Waals surface area contributed by atoms with E-state index >= 15 is 0 Å². The van der Waals surface area contributed by atoms with Gasteiger partial charge in [-0.25, -0.2) is 4.39 Å². The van der Waals surface area contributed by atoms with Crippen molar-refractivity contribution in [2.75, 3.05) is 33.4 Å². The maximum atomic E-state index is 13.0. The highest BCUT2D eigenvalue weighted by Gasteiger charge is 2.44. The van der Waals surface area contributed by atoms with Gasteiger partial charge in [-0.1, -0.05) is 12.1 Å². The van der Waals surface area contributed by atoms with Gasteiger partial charge in [0.1, 0.15) is 5.82 Å². The van der Waals surface area contributed by atoms with Gasteiger partial charge in [-0.05, 0) is 43.9 Å². The van der Waals surface area contributed by atoms with Gasteiger partial charge in [0, 0.05) is 38.8 Å². The van der Waals surface area contributed by atoms with Gasteiger partial charge in [0.2, 0.25) is 0 Å². The van der Waals surface area contributed by atoms with Gasteiger partial charge in [-0.15, -0.1) is 0 Å². The third kappa shape index (κ3) is 4.70. The number of halogens is 1. The van der Waals surface area contributed by atoms with Crippen LogP contribution in [0.1, 0.15) is 31.7 Å². The zero-order valence-corrected chi connectivity index (χ0v) is 13.5. The predicted molar refractivity (Wildman–Crippen MR) is 87.8 cm³/mol. The van der Waals surface area contributed by atoms with Gasteiger partial charge in [-0.3, -0.25) is 4.99 Å². The van der Waals surface area contributed by atoms with Crippen LogP contribution in [-0.4, -0.2) is 39.3 Å². The van der Waals surface area contributed by atoms with Crippen molar-refractivity contribution in [1.82, 2.24) is 10.6 Å². The van der Waals surface area contributed by atoms with Crippen LogP contribution in [0.3, 0.4) is 0 Å². The highest BCUT2D eigenvalue weighted by molar-refractivity contribution is 5.79. The minimum absolute atomic E-state index is 0.136. The van der Waals surface area contributed by atoms with E-state index in [-0.39, 0.29) is 11.2 Å². The van der Waals surface area contributed by atoms with Crippen LogP contribution in [0, 0.1) is 5.82 Å². The number of hydrogen-bond donors (Lipinski definition) is 2. The third-order valence-electron chi connectivity index (χ3n) is 4.09. The first-order valence-electron chi connectivity index (χ1n) is 7.98. The van der Waals surface area contributed by atoms with E-state index in [0.29, 0.717) is 0 Å². The van der Waals surface area contributed by atoms with E-state index in [4.69, 9.17) is 4.74 Å². The number of nitrogens with one attached hydrogen (secondary N) is 2. The van der Waals surface area contributed by atoms with Crippen molar-refractivity contribution in [2.45, 2.75) is 31.6 Å². The average molecular weight is 307 g/mol. The zero-order chi connectivity index (χ0) is 15.8. The molecule has 0 unspecified atom stereocenters. The summed E-state index contributed by atoms with van der Waals surface area (Å²) in [6.45, 7) is 5.18. The van der Waals surface area contributed by atoms with Gasteiger partial charge < -0.3 is 15.4 Å². The normalized spacial score (nSPS) is 16.4. The Kier molecular flexibility index (Phi) is 6.19. The summed E-state index contributed by atoms with van der Waals surface area (Å²) < 4.78 is 18.3. The lowest BCUT2D eigenvalue weighted by molar-refractivity contribution is 0.145. The molecule has 2 N–H and O–H groups in total. The van der Waals surface area contributed by atoms with Crippen molar-refractivity contribution in [3.05, 3.63) is 35.6 Å². The molecule has 5 heteroatoms. The van der Waals surface area contributed by atoms with Crippen molar-refractivity contribution in [3.63, 3.8) is 0 Å². The molecule has 0 bridgehead atoms. The first-order chi connectivity index (χ1) is 10.7. The largest absolute Gasteiger partial charge is 0.382 e. The highest BCUT2D eigenvalue weighted by Crippen LogP contribution is 2.47. The number of aliphatic imine (C=N–C) groups is 1. The number of benzene rings is 1. The predicted octanol–water partition coefficient (Wildman–Crippen LogP) is 2.45. The standard InChI is InChI=1S/C17H26FN3O/c1-3-22-12-4-11-20-16(19-2)21-13-17(9-10-17)14-5-7-15(18)8-6-14/h5-8H,3-4,9-13H2,1-2H3,(H2,19,20,21). The Hall–Kier alpha value is -1.62. The zero-order valence-electron chi connectivity index (χ0n) is 13.5. The molecule has 0 aromatic heterocycles. The van der Waals surface area contributed by atoms with E-state index in [1.165, 1.54) is 17.7 Å². The van der Waals surface area contributed by atoms with Crippen molar-refractivity contribution in [1.29, 1.82) is 0 Å². The van der Waals surface area contributed by atoms with Crippen molar-refractivity contribution < 1.29 is 9.13 Å². The van der Waals surface area contributed by atoms with E-state index < -0.39 is 0 Å². The van der Waals surface area contributed by atoms with Gasteiger partial charge in [0.25, 0.3) is 0 Å². The summed E-state index contributed by atoms with van der Waals surface area (Å²) in [5.41, 5.74) is 1.34. The van der Waals surface area contributed by atoms with Crippen LogP contribution in [0.25, 0.3) is 0 Å². The van der Waals surface area contributed by atoms with Gasteiger partial charge >= 0.3 is 0 Å². The minimum atomic E-state index is -0.181. The molecule has 122 valence electrons. The van der Waals surface area contributed by atoms with E-state index in [1.807, 2.05) is 19.1 Å². The Bertz CT molecular complexity index is 483. The molecule has 1 aromatic rings. The molecule has 2 rings (SSSR count). The second-order valence-corrected chi connectivity index (χ2v) is 5.69. The Morgan fingerprint density at radius 3 is 2.59 bits per heavy atom. The van der Waals surface area contributed by atoms with Gasteiger partial charge in [0.15, 0.2) is 5.96 Å². The number of ether oxygens (including phenoxy) is 1. The third-order valence-corrected chi connectivity index (χ3v) is 4.09. The molecule has 4 nitrogen and oxygen atoms in total. The first-order valence-corrected chi connectivity index (χ1v) is 7.98. The smallest absolute Gasteiger partial charge is 0.191 e. The summed E-state index contributed by atoms with van der Waals surface area (Å²) in [5.74, 6) is 0.629. The maximum Gasteiger partial charge on any atom is 0.191 e. The summed E-state index contributed by atoms with van der Waals surface area (Å²) >= 11 is 0. The molecule has 1 aliphatic rings. The fourth-order valence-corrected chi connectivity index (χ4v) is 2.52. The maximum absolute atomic E-state index is 13.0. The molecule has 1 aromatic carbocycles. The monoisotopic (exact) mass is 307 g/mol. The average Bonchev–Trinajstić information content (AvgIpc) is 3.32. The molecule has 0 aliphatic heterocycles. The number of hydrogen-bond acceptors (Lipinski definition) is 2. The van der Waals surface area contributed by atoms with Crippen LogP contribution in [0.5, 0.6) is 0 Å². The van der Waals surface area contributed by atoms with E-state index in [2.05, 4.69) is 15.6 Å². The molecule has 1 aliphatic carbocycles. The molecule has 0 spiro atoms. The first kappa shape index (κ1) is 16.7. The van der Waals surface area contributed by atoms with Crippen molar-refractivity contribution in [2.24, 2.45) is 4.99 Å². The number of nitrogens with zero attached hydrogens (tertiary/aromatic N) is 1. The summed E-state index contributed by atoms with van der Waals surface area (Å²) in [6.07, 6.45) is 3.22. The Labute approximate surface area is 132 Å². The van der Waals surface area contributed by atoms with E-state index in [0.717, 1.165) is 51.5 Å². The van der Waals surface area contributed by atoms with E-state index in [9.17, 15) is 4.39 Å². The number of guanidine groups is 1. The summed E-state index contributed by atoms with van der Waals surface area (Å²) in [7, 11) is 1.77. The molecule has 0 heterocycles. The van der Waals surface area contributed by atoms with Gasteiger partial charge in [-0.2, -0.15) is 0 Å². The summed E-state index contributed by atoms with van der Waals surface area (Å²) in [6, 6.07) is 6.86. The summed E-state index contributed by atoms with van der Waals surface area (Å²) in [5, 5.41) is 6.67. The van der Waals surface area contributed by atoms with Gasteiger partial charge in [0.05, 0.1) is 0 Å². The van der Waals surface area contributed by atoms with Crippen LogP contribution in [0.4, 0.5) is 4.39 Å². The SMILES string of the molecule is CCOCCCNC(=NC)NCC1(c2ccc(F)cc2)CC1. The second kappa shape index (κ2) is 8.13. The van der Waals surface area contributed by atoms with Crippen LogP contribution >= 0.6 is 0 Å². The molecule has 0 radical (unpaired) electrons. The molecular formula is C17H26FN3O. The molecule has 0 atom stereocenters. The highest BCUT2D eigenvalue weighted by atomic mass is 19.1. The lowest BCUT2D eigenvalue weighted by Crippen LogP contribution is -2.41. The minimum Gasteiger partial charge on any atom is -0.382 e. The molecule has 0 amide bonds. The van der Waals surface area contributed by atoms with Crippen molar-refractivity contribution in [3.8, 4) is 0 Å².